The summed E-state index contributed by atoms with van der Waals surface area (Å²) >= 11 is 1.35. The van der Waals surface area contributed by atoms with Gasteiger partial charge < -0.3 is 14.7 Å². The van der Waals surface area contributed by atoms with E-state index in [9.17, 15) is 19.5 Å². The molecule has 15 heteroatoms. The number of tetrazole rings is 1. The molecule has 1 aliphatic heterocycles. The Balaban J connectivity index is 1.35. The third-order valence-corrected chi connectivity index (χ3v) is 9.09. The zero-order chi connectivity index (χ0) is 34.7. The number of rotatable bonds is 10. The maximum absolute atomic E-state index is 14.1. The molecule has 1 fully saturated rings. The molecule has 1 aliphatic rings. The summed E-state index contributed by atoms with van der Waals surface area (Å²) in [6, 6.07) is 10.7. The summed E-state index contributed by atoms with van der Waals surface area (Å²) in [5, 5.41) is 26.8. The van der Waals surface area contributed by atoms with Gasteiger partial charge in [0.1, 0.15) is 17.2 Å². The molecule has 2 N–H and O–H groups in total. The van der Waals surface area contributed by atoms with Crippen LogP contribution in [-0.2, 0) is 16.8 Å². The second-order valence-corrected chi connectivity index (χ2v) is 13.8. The molecule has 0 spiro atoms. The molecule has 4 aromatic heterocycles. The first-order chi connectivity index (χ1) is 23.5. The van der Waals surface area contributed by atoms with Crippen molar-refractivity contribution in [3.05, 3.63) is 86.5 Å². The Hall–Kier alpha value is -5.44. The van der Waals surface area contributed by atoms with E-state index in [1.54, 1.807) is 36.1 Å². The number of hydrogen-bond acceptors (Lipinski definition) is 11. The Morgan fingerprint density at radius 3 is 2.65 bits per heavy atom. The number of carboxylic acids is 1. The van der Waals surface area contributed by atoms with E-state index in [1.165, 1.54) is 21.9 Å². The van der Waals surface area contributed by atoms with E-state index in [0.29, 0.717) is 47.5 Å². The highest BCUT2D eigenvalue weighted by atomic mass is 32.1. The van der Waals surface area contributed by atoms with Crippen molar-refractivity contribution in [3.63, 3.8) is 0 Å². The van der Waals surface area contributed by atoms with Crippen LogP contribution in [-0.4, -0.2) is 71.8 Å². The number of carboxylic acid groups (broad SMARTS) is 1. The second kappa shape index (κ2) is 14.0. The molecule has 49 heavy (non-hydrogen) atoms. The molecular weight excluding hydrogens is 646 g/mol. The predicted molar refractivity (Wildman–Crippen MR) is 186 cm³/mol. The number of aliphatic carboxylic acids is 1. The monoisotopic (exact) mass is 683 g/mol. The first kappa shape index (κ1) is 33.5. The van der Waals surface area contributed by atoms with Crippen LogP contribution >= 0.6 is 11.3 Å². The molecule has 1 atom stereocenters. The molecule has 1 aromatic carbocycles. The normalized spacial score (nSPS) is 15.2. The number of nitrogens with zero attached hydrogens (tertiary/aromatic N) is 8. The van der Waals surface area contributed by atoms with Crippen molar-refractivity contribution in [2.45, 2.75) is 52.0 Å². The maximum Gasteiger partial charge on any atom is 0.303 e. The Bertz CT molecular complexity index is 2080. The average molecular weight is 684 g/mol. The van der Waals surface area contributed by atoms with Gasteiger partial charge in [-0.3, -0.25) is 24.1 Å². The summed E-state index contributed by atoms with van der Waals surface area (Å²) in [7, 11) is 1.61. The van der Waals surface area contributed by atoms with Crippen LogP contribution < -0.4 is 20.5 Å². The minimum absolute atomic E-state index is 0.0202. The fraction of sp³-hybridized carbons (Fsp3) is 0.353. The second-order valence-electron chi connectivity index (χ2n) is 13.0. The first-order valence-corrected chi connectivity index (χ1v) is 16.7. The van der Waals surface area contributed by atoms with Gasteiger partial charge in [0.25, 0.3) is 11.5 Å². The third kappa shape index (κ3) is 7.67. The van der Waals surface area contributed by atoms with E-state index in [0.717, 1.165) is 29.8 Å². The number of benzene rings is 1. The summed E-state index contributed by atoms with van der Waals surface area (Å²) in [5.74, 6) is 0.222. The van der Waals surface area contributed by atoms with Crippen LogP contribution in [0, 0.1) is 5.92 Å². The number of pyridine rings is 1. The van der Waals surface area contributed by atoms with Crippen LogP contribution in [0.3, 0.4) is 0 Å². The third-order valence-electron chi connectivity index (χ3n) is 8.33. The van der Waals surface area contributed by atoms with E-state index >= 15 is 0 Å². The van der Waals surface area contributed by atoms with Gasteiger partial charge in [-0.05, 0) is 71.2 Å². The highest BCUT2D eigenvalue weighted by Gasteiger charge is 2.26. The molecule has 0 saturated carbocycles. The summed E-state index contributed by atoms with van der Waals surface area (Å²) < 4.78 is 8.25. The zero-order valence-electron chi connectivity index (χ0n) is 27.7. The molecule has 0 bridgehead atoms. The van der Waals surface area contributed by atoms with Gasteiger partial charge in [0.15, 0.2) is 11.0 Å². The van der Waals surface area contributed by atoms with Gasteiger partial charge in [0, 0.05) is 42.1 Å². The van der Waals surface area contributed by atoms with E-state index in [2.05, 4.69) is 46.6 Å². The number of carbonyl (C=O) groups is 2. The lowest BCUT2D eigenvalue weighted by Gasteiger charge is -2.33. The number of nitrogens with one attached hydrogen (secondary N) is 1. The Kier molecular flexibility index (Phi) is 9.53. The Labute approximate surface area is 286 Å². The maximum atomic E-state index is 14.1. The lowest BCUT2D eigenvalue weighted by Crippen LogP contribution is -2.38. The lowest BCUT2D eigenvalue weighted by atomic mass is 9.93. The molecule has 14 nitrogen and oxygen atoms in total. The largest absolute Gasteiger partial charge is 0.497 e. The minimum Gasteiger partial charge on any atom is -0.497 e. The Morgan fingerprint density at radius 1 is 1.14 bits per heavy atom. The molecule has 0 radical (unpaired) electrons. The van der Waals surface area contributed by atoms with E-state index in [4.69, 9.17) is 9.72 Å². The molecular formula is C34H37N9O5S. The number of amides is 1. The van der Waals surface area contributed by atoms with Gasteiger partial charge in [-0.15, -0.1) is 16.4 Å². The van der Waals surface area contributed by atoms with Gasteiger partial charge in [-0.25, -0.2) is 14.6 Å². The molecule has 5 heterocycles. The van der Waals surface area contributed by atoms with Crippen molar-refractivity contribution < 1.29 is 19.4 Å². The fourth-order valence-electron chi connectivity index (χ4n) is 5.69. The summed E-state index contributed by atoms with van der Waals surface area (Å²) in [4.78, 5) is 50.3. The standard InChI is InChI=1S/C34H37N9O5S/c1-34(2,3)26-20-49-33(35-26)37-31(46)23-13-15-42-28(17-23)36-30(41-14-5-6-22(18-41)16-29(44)45)25(32(42)47)11-12-27-38-39-40-43(27)19-21-7-9-24(48-4)10-8-21/h7-13,15,17,20,22H,5-6,14,16,18-19H2,1-4H3,(H,44,45)(H,35,37,46). The SMILES string of the molecule is COc1ccc(Cn2nnnc2C=Cc2c(N3CCCC(CC(=O)O)C3)nc3cc(C(=O)Nc4nc(C(C)(C)C)cs4)ccn3c2=O)cc1. The highest BCUT2D eigenvalue weighted by molar-refractivity contribution is 7.14. The van der Waals surface area contributed by atoms with E-state index < -0.39 is 5.97 Å². The Morgan fingerprint density at radius 2 is 1.94 bits per heavy atom. The van der Waals surface area contributed by atoms with Crippen molar-refractivity contribution >= 4 is 52.0 Å². The van der Waals surface area contributed by atoms with Crippen LogP contribution in [0.1, 0.15) is 73.0 Å². The zero-order valence-corrected chi connectivity index (χ0v) is 28.5. The molecule has 1 amide bonds. The number of fused-ring (bicyclic) bond motifs is 1. The van der Waals surface area contributed by atoms with Crippen LogP contribution in [0.15, 0.2) is 52.8 Å². The van der Waals surface area contributed by atoms with Crippen LogP contribution in [0.5, 0.6) is 5.75 Å². The van der Waals surface area contributed by atoms with Gasteiger partial charge in [-0.1, -0.05) is 32.9 Å². The number of aromatic nitrogens is 7. The topological polar surface area (TPSA) is 170 Å². The summed E-state index contributed by atoms with van der Waals surface area (Å²) in [6.07, 6.45) is 6.36. The van der Waals surface area contributed by atoms with Gasteiger partial charge in [0.2, 0.25) is 0 Å². The van der Waals surface area contributed by atoms with Crippen LogP contribution in [0.2, 0.25) is 0 Å². The number of anilines is 2. The van der Waals surface area contributed by atoms with E-state index in [-0.39, 0.29) is 34.9 Å². The van der Waals surface area contributed by atoms with Gasteiger partial charge in [-0.2, -0.15) is 0 Å². The predicted octanol–water partition coefficient (Wildman–Crippen LogP) is 4.61. The minimum atomic E-state index is -0.868. The summed E-state index contributed by atoms with van der Waals surface area (Å²) in [5.41, 5.74) is 2.21. The quantitative estimate of drug-likeness (QED) is 0.211. The highest BCUT2D eigenvalue weighted by Crippen LogP contribution is 2.28. The number of thiazole rings is 1. The van der Waals surface area contributed by atoms with Crippen molar-refractivity contribution in [2.24, 2.45) is 5.92 Å². The molecule has 1 unspecified atom stereocenters. The molecule has 0 aliphatic carbocycles. The molecule has 6 rings (SSSR count). The first-order valence-electron chi connectivity index (χ1n) is 15.9. The smallest absolute Gasteiger partial charge is 0.303 e. The summed E-state index contributed by atoms with van der Waals surface area (Å²) in [6.45, 7) is 7.57. The number of hydrogen-bond donors (Lipinski definition) is 2. The number of carbonyl (C=O) groups excluding carboxylic acids is 1. The number of ether oxygens (including phenoxy) is 1. The van der Waals surface area contributed by atoms with E-state index in [1.807, 2.05) is 34.5 Å². The van der Waals surface area contributed by atoms with Crippen molar-refractivity contribution in [1.82, 2.24) is 34.6 Å². The molecule has 5 aromatic rings. The van der Waals surface area contributed by atoms with Crippen molar-refractivity contribution in [1.29, 1.82) is 0 Å². The fourth-order valence-corrected chi connectivity index (χ4v) is 6.62. The van der Waals surface area contributed by atoms with Crippen LogP contribution in [0.25, 0.3) is 17.8 Å². The van der Waals surface area contributed by atoms with Crippen molar-refractivity contribution in [2.75, 3.05) is 30.4 Å². The van der Waals surface area contributed by atoms with Crippen molar-refractivity contribution in [3.8, 4) is 5.75 Å². The molecule has 1 saturated heterocycles. The van der Waals surface area contributed by atoms with Crippen LogP contribution in [0.4, 0.5) is 10.9 Å². The number of piperidine rings is 1. The van der Waals surface area contributed by atoms with Gasteiger partial charge in [0.05, 0.1) is 24.9 Å². The molecule has 254 valence electrons. The number of methoxy groups -OCH3 is 1. The van der Waals surface area contributed by atoms with Gasteiger partial charge >= 0.3 is 5.97 Å². The average Bonchev–Trinajstić information content (AvgIpc) is 3.74. The lowest BCUT2D eigenvalue weighted by molar-refractivity contribution is -0.138.